The first-order valence-corrected chi connectivity index (χ1v) is 5.75. The van der Waals surface area contributed by atoms with E-state index in [1.54, 1.807) is 7.11 Å². The van der Waals surface area contributed by atoms with Gasteiger partial charge in [-0.05, 0) is 37.5 Å². The lowest BCUT2D eigenvalue weighted by Crippen LogP contribution is -2.49. The van der Waals surface area contributed by atoms with Crippen molar-refractivity contribution in [2.45, 2.75) is 58.2 Å². The molecule has 1 aliphatic carbocycles. The van der Waals surface area contributed by atoms with E-state index in [-0.39, 0.29) is 17.6 Å². The highest BCUT2D eigenvalue weighted by molar-refractivity contribution is 4.93. The molecule has 1 aliphatic rings. The lowest BCUT2D eigenvalue weighted by Gasteiger charge is -2.43. The van der Waals surface area contributed by atoms with Crippen LogP contribution in [0.1, 0.15) is 46.5 Å². The van der Waals surface area contributed by atoms with E-state index in [0.717, 1.165) is 18.8 Å². The molecule has 0 amide bonds. The largest absolute Gasteiger partial charge is 0.390 e. The minimum absolute atomic E-state index is 0.263. The standard InChI is InChI=1S/C12H24O2/c1-9(2)11(13)12(14-4)7-5-10(3)6-8-12/h9-11,13H,5-8H2,1-4H3. The van der Waals surface area contributed by atoms with Gasteiger partial charge < -0.3 is 9.84 Å². The topological polar surface area (TPSA) is 29.5 Å². The van der Waals surface area contributed by atoms with E-state index in [1.807, 2.05) is 0 Å². The van der Waals surface area contributed by atoms with Crippen LogP contribution in [0.15, 0.2) is 0 Å². The van der Waals surface area contributed by atoms with E-state index in [0.29, 0.717) is 0 Å². The number of hydrogen-bond donors (Lipinski definition) is 1. The van der Waals surface area contributed by atoms with Crippen LogP contribution in [0.3, 0.4) is 0 Å². The van der Waals surface area contributed by atoms with Gasteiger partial charge in [-0.3, -0.25) is 0 Å². The molecule has 14 heavy (non-hydrogen) atoms. The van der Waals surface area contributed by atoms with Gasteiger partial charge in [0.15, 0.2) is 0 Å². The number of aliphatic hydroxyl groups is 1. The van der Waals surface area contributed by atoms with E-state index in [2.05, 4.69) is 20.8 Å². The zero-order valence-corrected chi connectivity index (χ0v) is 9.92. The summed E-state index contributed by atoms with van der Waals surface area (Å²) >= 11 is 0. The summed E-state index contributed by atoms with van der Waals surface area (Å²) in [6.45, 7) is 6.40. The lowest BCUT2D eigenvalue weighted by atomic mass is 9.74. The highest BCUT2D eigenvalue weighted by Gasteiger charge is 2.41. The minimum atomic E-state index is -0.319. The Bertz CT molecular complexity index is 169. The summed E-state index contributed by atoms with van der Waals surface area (Å²) in [4.78, 5) is 0. The van der Waals surface area contributed by atoms with Gasteiger partial charge in [-0.15, -0.1) is 0 Å². The van der Waals surface area contributed by atoms with Gasteiger partial charge in [-0.2, -0.15) is 0 Å². The fourth-order valence-corrected chi connectivity index (χ4v) is 2.48. The third-order valence-corrected chi connectivity index (χ3v) is 3.70. The predicted molar refractivity (Wildman–Crippen MR) is 58.2 cm³/mol. The average molecular weight is 200 g/mol. The van der Waals surface area contributed by atoms with E-state index >= 15 is 0 Å². The summed E-state index contributed by atoms with van der Waals surface area (Å²) in [5, 5.41) is 10.2. The third kappa shape index (κ3) is 2.29. The van der Waals surface area contributed by atoms with Gasteiger partial charge in [-0.25, -0.2) is 0 Å². The van der Waals surface area contributed by atoms with Crippen molar-refractivity contribution in [3.05, 3.63) is 0 Å². The van der Waals surface area contributed by atoms with Crippen LogP contribution in [0.4, 0.5) is 0 Å². The maximum atomic E-state index is 10.2. The van der Waals surface area contributed by atoms with E-state index in [1.165, 1.54) is 12.8 Å². The number of methoxy groups -OCH3 is 1. The highest BCUT2D eigenvalue weighted by atomic mass is 16.5. The molecule has 0 aliphatic heterocycles. The van der Waals surface area contributed by atoms with Crippen molar-refractivity contribution >= 4 is 0 Å². The van der Waals surface area contributed by atoms with Gasteiger partial charge in [0.05, 0.1) is 11.7 Å². The zero-order valence-electron chi connectivity index (χ0n) is 9.92. The van der Waals surface area contributed by atoms with E-state index in [4.69, 9.17) is 4.74 Å². The maximum Gasteiger partial charge on any atom is 0.0939 e. The zero-order chi connectivity index (χ0) is 10.8. The van der Waals surface area contributed by atoms with Crippen molar-refractivity contribution in [3.8, 4) is 0 Å². The van der Waals surface area contributed by atoms with Crippen LogP contribution >= 0.6 is 0 Å². The first-order chi connectivity index (χ1) is 6.52. The molecular weight excluding hydrogens is 176 g/mol. The van der Waals surface area contributed by atoms with Crippen LogP contribution in [-0.4, -0.2) is 23.9 Å². The minimum Gasteiger partial charge on any atom is -0.390 e. The molecule has 84 valence electrons. The fraction of sp³-hybridized carbons (Fsp3) is 1.00. The summed E-state index contributed by atoms with van der Waals surface area (Å²) in [7, 11) is 1.74. The Morgan fingerprint density at radius 3 is 2.14 bits per heavy atom. The Balaban J connectivity index is 2.67. The summed E-state index contributed by atoms with van der Waals surface area (Å²) in [6.07, 6.45) is 4.04. The van der Waals surface area contributed by atoms with Gasteiger partial charge in [0, 0.05) is 7.11 Å². The van der Waals surface area contributed by atoms with Crippen molar-refractivity contribution in [1.82, 2.24) is 0 Å². The molecule has 0 heterocycles. The number of hydrogen-bond acceptors (Lipinski definition) is 2. The van der Waals surface area contributed by atoms with Gasteiger partial charge in [0.2, 0.25) is 0 Å². The highest BCUT2D eigenvalue weighted by Crippen LogP contribution is 2.38. The molecule has 1 rings (SSSR count). The molecule has 0 radical (unpaired) electrons. The van der Waals surface area contributed by atoms with Crippen LogP contribution in [-0.2, 0) is 4.74 Å². The van der Waals surface area contributed by atoms with Crippen LogP contribution < -0.4 is 0 Å². The molecule has 1 atom stereocenters. The Hall–Kier alpha value is -0.0800. The molecule has 0 saturated heterocycles. The molecule has 0 aromatic heterocycles. The van der Waals surface area contributed by atoms with Crippen molar-refractivity contribution in [1.29, 1.82) is 0 Å². The number of aliphatic hydroxyl groups excluding tert-OH is 1. The first-order valence-electron chi connectivity index (χ1n) is 5.75. The second-order valence-corrected chi connectivity index (χ2v) is 5.14. The smallest absolute Gasteiger partial charge is 0.0939 e. The Labute approximate surface area is 87.7 Å². The third-order valence-electron chi connectivity index (χ3n) is 3.70. The molecule has 2 nitrogen and oxygen atoms in total. The summed E-state index contributed by atoms with van der Waals surface area (Å²) < 4.78 is 5.60. The van der Waals surface area contributed by atoms with Crippen LogP contribution in [0.25, 0.3) is 0 Å². The number of ether oxygens (including phenoxy) is 1. The molecular formula is C12H24O2. The van der Waals surface area contributed by atoms with Gasteiger partial charge in [0.1, 0.15) is 0 Å². The maximum absolute atomic E-state index is 10.2. The van der Waals surface area contributed by atoms with Crippen LogP contribution in [0.5, 0.6) is 0 Å². The summed E-state index contributed by atoms with van der Waals surface area (Å²) in [6, 6.07) is 0. The molecule has 0 aromatic carbocycles. The van der Waals surface area contributed by atoms with Crippen molar-refractivity contribution < 1.29 is 9.84 Å². The molecule has 0 spiro atoms. The fourth-order valence-electron chi connectivity index (χ4n) is 2.48. The molecule has 1 N–H and O–H groups in total. The lowest BCUT2D eigenvalue weighted by molar-refractivity contribution is -0.142. The monoisotopic (exact) mass is 200 g/mol. The molecule has 1 unspecified atom stereocenters. The Morgan fingerprint density at radius 1 is 1.29 bits per heavy atom. The van der Waals surface area contributed by atoms with E-state index in [9.17, 15) is 5.11 Å². The Kier molecular flexibility index (Phi) is 3.96. The molecule has 1 saturated carbocycles. The Morgan fingerprint density at radius 2 is 1.79 bits per heavy atom. The van der Waals surface area contributed by atoms with Gasteiger partial charge >= 0.3 is 0 Å². The average Bonchev–Trinajstić information content (AvgIpc) is 2.18. The quantitative estimate of drug-likeness (QED) is 0.759. The van der Waals surface area contributed by atoms with Crippen molar-refractivity contribution in [2.75, 3.05) is 7.11 Å². The SMILES string of the molecule is COC1(C(O)C(C)C)CCC(C)CC1. The van der Waals surface area contributed by atoms with Gasteiger partial charge in [-0.1, -0.05) is 20.8 Å². The number of rotatable bonds is 3. The van der Waals surface area contributed by atoms with Crippen LogP contribution in [0.2, 0.25) is 0 Å². The van der Waals surface area contributed by atoms with Crippen LogP contribution in [0, 0.1) is 11.8 Å². The van der Waals surface area contributed by atoms with Crippen molar-refractivity contribution in [2.24, 2.45) is 11.8 Å². The normalized spacial score (nSPS) is 36.0. The summed E-state index contributed by atoms with van der Waals surface area (Å²) in [5.41, 5.74) is -0.263. The van der Waals surface area contributed by atoms with Gasteiger partial charge in [0.25, 0.3) is 0 Å². The molecule has 0 bridgehead atoms. The predicted octanol–water partition coefficient (Wildman–Crippen LogP) is 2.60. The molecule has 0 aromatic rings. The van der Waals surface area contributed by atoms with E-state index < -0.39 is 0 Å². The van der Waals surface area contributed by atoms with Crippen molar-refractivity contribution in [3.63, 3.8) is 0 Å². The molecule has 1 fully saturated rings. The molecule has 2 heteroatoms. The first kappa shape index (κ1) is 12.0. The second kappa shape index (κ2) is 4.63. The second-order valence-electron chi connectivity index (χ2n) is 5.14. The summed E-state index contributed by atoms with van der Waals surface area (Å²) in [5.74, 6) is 1.07.